The fourth-order valence-corrected chi connectivity index (χ4v) is 2.57. The lowest BCUT2D eigenvalue weighted by Gasteiger charge is -2.18. The fourth-order valence-electron chi connectivity index (χ4n) is 2.57. The van der Waals surface area contributed by atoms with Gasteiger partial charge in [0.2, 0.25) is 11.9 Å². The van der Waals surface area contributed by atoms with Gasteiger partial charge in [0.25, 0.3) is 0 Å². The van der Waals surface area contributed by atoms with Gasteiger partial charge < -0.3 is 4.57 Å². The first kappa shape index (κ1) is 16.0. The molecule has 3 aromatic rings. The van der Waals surface area contributed by atoms with Crippen molar-refractivity contribution in [2.45, 2.75) is 32.2 Å². The highest BCUT2D eigenvalue weighted by molar-refractivity contribution is 5.89. The number of anilines is 1. The lowest BCUT2D eigenvalue weighted by atomic mass is 10.0. The summed E-state index contributed by atoms with van der Waals surface area (Å²) in [5.74, 6) is 1.20. The SMILES string of the molecule is CC(C)c1nc(NC(=O)CC(c2ccccc2)n2cccc2)n[nH]1. The van der Waals surface area contributed by atoms with Crippen molar-refractivity contribution < 1.29 is 4.79 Å². The number of amides is 1. The Morgan fingerprint density at radius 1 is 1.17 bits per heavy atom. The highest BCUT2D eigenvalue weighted by atomic mass is 16.1. The quantitative estimate of drug-likeness (QED) is 0.730. The average Bonchev–Trinajstić information content (AvgIpc) is 3.25. The Balaban J connectivity index is 1.74. The van der Waals surface area contributed by atoms with E-state index in [4.69, 9.17) is 0 Å². The van der Waals surface area contributed by atoms with Crippen molar-refractivity contribution in [3.63, 3.8) is 0 Å². The molecule has 2 N–H and O–H groups in total. The van der Waals surface area contributed by atoms with Crippen LogP contribution in [0, 0.1) is 0 Å². The van der Waals surface area contributed by atoms with Crippen molar-refractivity contribution in [2.75, 3.05) is 5.32 Å². The minimum absolute atomic E-state index is 0.0651. The van der Waals surface area contributed by atoms with Crippen LogP contribution in [0.3, 0.4) is 0 Å². The first-order valence-corrected chi connectivity index (χ1v) is 8.03. The molecule has 6 nitrogen and oxygen atoms in total. The molecule has 1 unspecified atom stereocenters. The second-order valence-electron chi connectivity index (χ2n) is 6.01. The van der Waals surface area contributed by atoms with E-state index >= 15 is 0 Å². The molecule has 2 heterocycles. The number of nitrogens with zero attached hydrogens (tertiary/aromatic N) is 3. The van der Waals surface area contributed by atoms with E-state index in [1.165, 1.54) is 0 Å². The summed E-state index contributed by atoms with van der Waals surface area (Å²) in [5, 5.41) is 9.66. The van der Waals surface area contributed by atoms with Crippen molar-refractivity contribution in [3.8, 4) is 0 Å². The van der Waals surface area contributed by atoms with Crippen LogP contribution in [0.25, 0.3) is 0 Å². The Morgan fingerprint density at radius 3 is 2.50 bits per heavy atom. The molecule has 1 aromatic carbocycles. The van der Waals surface area contributed by atoms with Crippen LogP contribution >= 0.6 is 0 Å². The molecule has 0 aliphatic heterocycles. The zero-order valence-corrected chi connectivity index (χ0v) is 13.8. The van der Waals surface area contributed by atoms with E-state index in [1.807, 2.05) is 73.3 Å². The summed E-state index contributed by atoms with van der Waals surface area (Å²) in [6.45, 7) is 4.03. The molecule has 0 radical (unpaired) electrons. The first-order valence-electron chi connectivity index (χ1n) is 8.03. The molecule has 0 fully saturated rings. The van der Waals surface area contributed by atoms with Crippen molar-refractivity contribution in [3.05, 3.63) is 66.2 Å². The molecule has 0 spiro atoms. The maximum atomic E-state index is 12.5. The van der Waals surface area contributed by atoms with E-state index in [0.717, 1.165) is 11.4 Å². The number of aromatic nitrogens is 4. The normalized spacial score (nSPS) is 12.3. The number of carbonyl (C=O) groups excluding carboxylic acids is 1. The van der Waals surface area contributed by atoms with Crippen LogP contribution in [0.4, 0.5) is 5.95 Å². The Kier molecular flexibility index (Phi) is 4.74. The molecule has 124 valence electrons. The predicted octanol–water partition coefficient (Wildman–Crippen LogP) is 3.35. The van der Waals surface area contributed by atoms with Crippen LogP contribution in [0.5, 0.6) is 0 Å². The fraction of sp³-hybridized carbons (Fsp3) is 0.278. The lowest BCUT2D eigenvalue weighted by Crippen LogP contribution is -2.20. The van der Waals surface area contributed by atoms with Crippen molar-refractivity contribution in [1.82, 2.24) is 19.7 Å². The molecule has 0 saturated heterocycles. The topological polar surface area (TPSA) is 75.6 Å². The summed E-state index contributed by atoms with van der Waals surface area (Å²) in [5.41, 5.74) is 1.08. The second-order valence-corrected chi connectivity index (χ2v) is 6.01. The maximum Gasteiger partial charge on any atom is 0.248 e. The summed E-state index contributed by atoms with van der Waals surface area (Å²) in [6, 6.07) is 13.8. The molecule has 6 heteroatoms. The second kappa shape index (κ2) is 7.12. The van der Waals surface area contributed by atoms with Crippen LogP contribution < -0.4 is 5.32 Å². The van der Waals surface area contributed by atoms with Crippen LogP contribution in [0.2, 0.25) is 0 Å². The molecule has 0 saturated carbocycles. The van der Waals surface area contributed by atoms with E-state index < -0.39 is 0 Å². The third-order valence-corrected chi connectivity index (χ3v) is 3.85. The molecule has 0 aliphatic rings. The van der Waals surface area contributed by atoms with Gasteiger partial charge in [0.15, 0.2) is 0 Å². The molecular formula is C18H21N5O. The lowest BCUT2D eigenvalue weighted by molar-refractivity contribution is -0.116. The van der Waals surface area contributed by atoms with Gasteiger partial charge in [0.05, 0.1) is 12.5 Å². The van der Waals surface area contributed by atoms with Crippen molar-refractivity contribution in [2.24, 2.45) is 0 Å². The maximum absolute atomic E-state index is 12.5. The van der Waals surface area contributed by atoms with Gasteiger partial charge in [-0.05, 0) is 17.7 Å². The van der Waals surface area contributed by atoms with Crippen LogP contribution in [0.1, 0.15) is 43.6 Å². The zero-order valence-electron chi connectivity index (χ0n) is 13.8. The van der Waals surface area contributed by atoms with E-state index in [1.54, 1.807) is 0 Å². The van der Waals surface area contributed by atoms with Crippen molar-refractivity contribution in [1.29, 1.82) is 0 Å². The van der Waals surface area contributed by atoms with Crippen molar-refractivity contribution >= 4 is 11.9 Å². The summed E-state index contributed by atoms with van der Waals surface area (Å²) >= 11 is 0. The van der Waals surface area contributed by atoms with Crippen LogP contribution in [-0.2, 0) is 4.79 Å². The molecular weight excluding hydrogens is 302 g/mol. The number of hydrogen-bond donors (Lipinski definition) is 2. The van der Waals surface area contributed by atoms with Gasteiger partial charge in [-0.2, -0.15) is 4.98 Å². The minimum atomic E-state index is -0.119. The number of rotatable bonds is 6. The van der Waals surface area contributed by atoms with Crippen LogP contribution in [-0.4, -0.2) is 25.7 Å². The number of carbonyl (C=O) groups is 1. The third-order valence-electron chi connectivity index (χ3n) is 3.85. The van der Waals surface area contributed by atoms with Crippen LogP contribution in [0.15, 0.2) is 54.9 Å². The molecule has 24 heavy (non-hydrogen) atoms. The highest BCUT2D eigenvalue weighted by Crippen LogP contribution is 2.22. The number of benzene rings is 1. The predicted molar refractivity (Wildman–Crippen MR) is 92.7 cm³/mol. The number of H-pyrrole nitrogens is 1. The molecule has 1 amide bonds. The van der Waals surface area contributed by atoms with Gasteiger partial charge >= 0.3 is 0 Å². The summed E-state index contributed by atoms with van der Waals surface area (Å²) in [7, 11) is 0. The smallest absolute Gasteiger partial charge is 0.248 e. The van der Waals surface area contributed by atoms with Gasteiger partial charge in [-0.3, -0.25) is 15.2 Å². The van der Waals surface area contributed by atoms with E-state index in [-0.39, 0.29) is 17.9 Å². The number of hydrogen-bond acceptors (Lipinski definition) is 3. The Hall–Kier alpha value is -2.89. The van der Waals surface area contributed by atoms with Gasteiger partial charge in [-0.15, -0.1) is 5.10 Å². The molecule has 0 aliphatic carbocycles. The summed E-state index contributed by atoms with van der Waals surface area (Å²) in [6.07, 6.45) is 4.24. The third kappa shape index (κ3) is 3.71. The first-order chi connectivity index (χ1) is 11.6. The average molecular weight is 323 g/mol. The largest absolute Gasteiger partial charge is 0.346 e. The monoisotopic (exact) mass is 323 g/mol. The van der Waals surface area contributed by atoms with Gasteiger partial charge in [-0.1, -0.05) is 44.2 Å². The zero-order chi connectivity index (χ0) is 16.9. The summed E-state index contributed by atoms with van der Waals surface area (Å²) < 4.78 is 2.03. The molecule has 2 aromatic heterocycles. The Labute approximate surface area is 140 Å². The standard InChI is InChI=1S/C18H21N5O/c1-13(2)17-20-18(22-21-17)19-16(24)12-15(23-10-6-7-11-23)14-8-4-3-5-9-14/h3-11,13,15H,12H2,1-2H3,(H2,19,20,21,22,24). The minimum Gasteiger partial charge on any atom is -0.346 e. The molecule has 3 rings (SSSR count). The molecule has 0 bridgehead atoms. The Morgan fingerprint density at radius 2 is 1.88 bits per heavy atom. The van der Waals surface area contributed by atoms with Gasteiger partial charge in [-0.25, -0.2) is 0 Å². The number of nitrogens with one attached hydrogen (secondary N) is 2. The summed E-state index contributed by atoms with van der Waals surface area (Å²) in [4.78, 5) is 16.7. The van der Waals surface area contributed by atoms with E-state index in [9.17, 15) is 4.79 Å². The van der Waals surface area contributed by atoms with Gasteiger partial charge in [0.1, 0.15) is 5.82 Å². The highest BCUT2D eigenvalue weighted by Gasteiger charge is 2.18. The number of aromatic amines is 1. The Bertz CT molecular complexity index is 777. The van der Waals surface area contributed by atoms with E-state index in [0.29, 0.717) is 12.4 Å². The molecule has 1 atom stereocenters. The van der Waals surface area contributed by atoms with Gasteiger partial charge in [0, 0.05) is 18.3 Å². The van der Waals surface area contributed by atoms with E-state index in [2.05, 4.69) is 20.5 Å².